The van der Waals surface area contributed by atoms with E-state index in [1.165, 1.54) is 12.8 Å². The van der Waals surface area contributed by atoms with E-state index in [2.05, 4.69) is 30.4 Å². The first-order valence-corrected chi connectivity index (χ1v) is 11.4. The summed E-state index contributed by atoms with van der Waals surface area (Å²) in [5, 5.41) is 11.8. The Labute approximate surface area is 192 Å². The molecule has 1 N–H and O–H groups in total. The van der Waals surface area contributed by atoms with Crippen LogP contribution in [0.1, 0.15) is 36.0 Å². The number of carbonyl (C=O) groups is 1. The molecular formula is C24H27N7O2. The summed E-state index contributed by atoms with van der Waals surface area (Å²) in [5.41, 5.74) is 1.45. The normalized spacial score (nSPS) is 16.6. The van der Waals surface area contributed by atoms with E-state index >= 15 is 0 Å². The molecule has 0 atom stereocenters. The van der Waals surface area contributed by atoms with E-state index in [1.54, 1.807) is 24.7 Å². The largest absolute Gasteiger partial charge is 0.474 e. The lowest BCUT2D eigenvalue weighted by atomic mass is 10.2. The third kappa shape index (κ3) is 5.19. The highest BCUT2D eigenvalue weighted by molar-refractivity contribution is 5.94. The highest BCUT2D eigenvalue weighted by Crippen LogP contribution is 2.23. The van der Waals surface area contributed by atoms with Crippen LogP contribution >= 0.6 is 0 Å². The van der Waals surface area contributed by atoms with E-state index in [1.807, 2.05) is 35.2 Å². The molecule has 0 bridgehead atoms. The Morgan fingerprint density at radius 2 is 1.82 bits per heavy atom. The van der Waals surface area contributed by atoms with Crippen LogP contribution in [-0.4, -0.2) is 63.3 Å². The zero-order valence-electron chi connectivity index (χ0n) is 18.4. The third-order valence-electron chi connectivity index (χ3n) is 6.05. The van der Waals surface area contributed by atoms with Gasteiger partial charge in [0.15, 0.2) is 11.6 Å². The van der Waals surface area contributed by atoms with Gasteiger partial charge in [-0.05, 0) is 56.0 Å². The minimum absolute atomic E-state index is 0.00308. The molecule has 3 aromatic heterocycles. The number of nitrogens with one attached hydrogen (secondary N) is 1. The van der Waals surface area contributed by atoms with Gasteiger partial charge in [0.05, 0.1) is 17.4 Å². The number of piperazine rings is 1. The Morgan fingerprint density at radius 1 is 0.970 bits per heavy atom. The number of pyridine rings is 2. The number of amides is 1. The van der Waals surface area contributed by atoms with Crippen LogP contribution in [-0.2, 0) is 0 Å². The van der Waals surface area contributed by atoms with Crippen molar-refractivity contribution in [2.24, 2.45) is 0 Å². The van der Waals surface area contributed by atoms with Crippen LogP contribution in [0.4, 0.5) is 17.3 Å². The molecule has 33 heavy (non-hydrogen) atoms. The molecule has 2 fully saturated rings. The monoisotopic (exact) mass is 445 g/mol. The number of carbonyl (C=O) groups excluding carboxylic acids is 1. The molecule has 9 heteroatoms. The van der Waals surface area contributed by atoms with Crippen LogP contribution in [0.5, 0.6) is 5.88 Å². The molecule has 1 saturated carbocycles. The molecule has 1 aliphatic heterocycles. The summed E-state index contributed by atoms with van der Waals surface area (Å²) in [6, 6.07) is 11.2. The molecule has 4 heterocycles. The Kier molecular flexibility index (Phi) is 6.27. The van der Waals surface area contributed by atoms with Crippen LogP contribution < -0.4 is 15.0 Å². The molecular weight excluding hydrogens is 418 g/mol. The van der Waals surface area contributed by atoms with Gasteiger partial charge in [-0.1, -0.05) is 0 Å². The molecule has 1 saturated heterocycles. The molecule has 0 aromatic carbocycles. The fourth-order valence-corrected chi connectivity index (χ4v) is 4.22. The van der Waals surface area contributed by atoms with Gasteiger partial charge in [-0.25, -0.2) is 4.98 Å². The van der Waals surface area contributed by atoms with E-state index in [9.17, 15) is 4.79 Å². The fourth-order valence-electron chi connectivity index (χ4n) is 4.22. The van der Waals surface area contributed by atoms with Gasteiger partial charge in [-0.3, -0.25) is 9.78 Å². The summed E-state index contributed by atoms with van der Waals surface area (Å²) in [6.07, 6.45) is 9.94. The van der Waals surface area contributed by atoms with Gasteiger partial charge in [0.1, 0.15) is 6.10 Å². The van der Waals surface area contributed by atoms with Crippen molar-refractivity contribution in [1.82, 2.24) is 25.1 Å². The molecule has 1 amide bonds. The van der Waals surface area contributed by atoms with Crippen molar-refractivity contribution >= 4 is 23.2 Å². The summed E-state index contributed by atoms with van der Waals surface area (Å²) >= 11 is 0. The maximum Gasteiger partial charge on any atom is 0.255 e. The van der Waals surface area contributed by atoms with Crippen LogP contribution in [0.2, 0.25) is 0 Å². The van der Waals surface area contributed by atoms with Gasteiger partial charge in [0.25, 0.3) is 5.91 Å². The van der Waals surface area contributed by atoms with Crippen LogP contribution in [0, 0.1) is 0 Å². The molecule has 2 aliphatic rings. The molecule has 0 unspecified atom stereocenters. The minimum Gasteiger partial charge on any atom is -0.474 e. The second kappa shape index (κ2) is 9.81. The van der Waals surface area contributed by atoms with E-state index in [4.69, 9.17) is 4.74 Å². The molecule has 170 valence electrons. The van der Waals surface area contributed by atoms with Crippen molar-refractivity contribution in [3.8, 4) is 5.88 Å². The average Bonchev–Trinajstić information content (AvgIpc) is 3.38. The molecule has 5 rings (SSSR count). The van der Waals surface area contributed by atoms with Crippen LogP contribution in [0.25, 0.3) is 0 Å². The summed E-state index contributed by atoms with van der Waals surface area (Å²) in [4.78, 5) is 25.3. The lowest BCUT2D eigenvalue weighted by molar-refractivity contribution is 0.0746. The Hall–Kier alpha value is -3.75. The van der Waals surface area contributed by atoms with E-state index < -0.39 is 0 Å². The number of anilines is 3. The van der Waals surface area contributed by atoms with Crippen molar-refractivity contribution in [2.45, 2.75) is 31.8 Å². The van der Waals surface area contributed by atoms with E-state index in [0.717, 1.165) is 24.3 Å². The highest BCUT2D eigenvalue weighted by Gasteiger charge is 2.24. The summed E-state index contributed by atoms with van der Waals surface area (Å²) in [5.74, 6) is 2.06. The number of hydrogen-bond donors (Lipinski definition) is 1. The SMILES string of the molecule is O=C(c1ccc(OC2CCCC2)nc1)N1CCN(c2ccc(Nc3cccnc3)nn2)CC1. The Balaban J connectivity index is 1.13. The second-order valence-electron chi connectivity index (χ2n) is 8.33. The Morgan fingerprint density at radius 3 is 2.48 bits per heavy atom. The van der Waals surface area contributed by atoms with Crippen molar-refractivity contribution in [1.29, 1.82) is 0 Å². The van der Waals surface area contributed by atoms with Crippen molar-refractivity contribution in [3.63, 3.8) is 0 Å². The first-order chi connectivity index (χ1) is 16.2. The fraction of sp³-hybridized carbons (Fsp3) is 0.375. The lowest BCUT2D eigenvalue weighted by Crippen LogP contribution is -2.49. The van der Waals surface area contributed by atoms with Gasteiger partial charge < -0.3 is 19.9 Å². The first-order valence-electron chi connectivity index (χ1n) is 11.4. The maximum atomic E-state index is 12.9. The number of rotatable bonds is 6. The van der Waals surface area contributed by atoms with Gasteiger partial charge in [0, 0.05) is 44.6 Å². The zero-order valence-corrected chi connectivity index (χ0v) is 18.4. The summed E-state index contributed by atoms with van der Waals surface area (Å²) in [7, 11) is 0. The van der Waals surface area contributed by atoms with Gasteiger partial charge in [0.2, 0.25) is 5.88 Å². The number of hydrogen-bond acceptors (Lipinski definition) is 8. The molecule has 0 spiro atoms. The molecule has 9 nitrogen and oxygen atoms in total. The van der Waals surface area contributed by atoms with E-state index in [-0.39, 0.29) is 12.0 Å². The van der Waals surface area contributed by atoms with Gasteiger partial charge >= 0.3 is 0 Å². The molecule has 3 aromatic rings. The zero-order chi connectivity index (χ0) is 22.5. The summed E-state index contributed by atoms with van der Waals surface area (Å²) < 4.78 is 5.90. The van der Waals surface area contributed by atoms with Crippen molar-refractivity contribution < 1.29 is 9.53 Å². The van der Waals surface area contributed by atoms with Gasteiger partial charge in [-0.15, -0.1) is 10.2 Å². The number of ether oxygens (including phenoxy) is 1. The predicted octanol–water partition coefficient (Wildman–Crippen LogP) is 3.29. The molecule has 1 aliphatic carbocycles. The lowest BCUT2D eigenvalue weighted by Gasteiger charge is -2.35. The Bertz CT molecular complexity index is 1050. The quantitative estimate of drug-likeness (QED) is 0.617. The number of nitrogens with zero attached hydrogens (tertiary/aromatic N) is 6. The first kappa shape index (κ1) is 21.1. The van der Waals surface area contributed by atoms with Crippen molar-refractivity contribution in [3.05, 3.63) is 60.6 Å². The minimum atomic E-state index is -0.00308. The van der Waals surface area contributed by atoms with Crippen molar-refractivity contribution in [2.75, 3.05) is 36.4 Å². The predicted molar refractivity (Wildman–Crippen MR) is 125 cm³/mol. The maximum absolute atomic E-state index is 12.9. The molecule has 0 radical (unpaired) electrons. The van der Waals surface area contributed by atoms with Gasteiger partial charge in [-0.2, -0.15) is 0 Å². The average molecular weight is 446 g/mol. The second-order valence-corrected chi connectivity index (χ2v) is 8.33. The standard InChI is InChI=1S/C24H27N7O2/c32-24(18-7-10-23(26-16-18)33-20-5-1-2-6-20)31-14-12-30(13-15-31)22-9-8-21(28-29-22)27-19-4-3-11-25-17-19/h3-4,7-11,16-17,20H,1-2,5-6,12-15H2,(H,27,28). The van der Waals surface area contributed by atoms with Crippen LogP contribution in [0.3, 0.4) is 0 Å². The number of aromatic nitrogens is 4. The summed E-state index contributed by atoms with van der Waals surface area (Å²) in [6.45, 7) is 2.64. The highest BCUT2D eigenvalue weighted by atomic mass is 16.5. The smallest absolute Gasteiger partial charge is 0.255 e. The van der Waals surface area contributed by atoms with Crippen LogP contribution in [0.15, 0.2) is 55.0 Å². The third-order valence-corrected chi connectivity index (χ3v) is 6.05. The topological polar surface area (TPSA) is 96.4 Å². The van der Waals surface area contributed by atoms with E-state index in [0.29, 0.717) is 43.4 Å².